The summed E-state index contributed by atoms with van der Waals surface area (Å²) in [7, 11) is -9.73. The van der Waals surface area contributed by atoms with Crippen LogP contribution in [0.4, 0.5) is 0 Å². The molecule has 0 fully saturated rings. The second-order valence-electron chi connectivity index (χ2n) is 13.5. The number of unbranched alkanes of at least 4 members (excludes halogenated alkanes) is 5. The number of aliphatic hydroxyl groups excluding tert-OH is 2. The standard InChI is InChI=1S/C40H68O14P2/c1-4-5-6-7-8-9-10-11-12-13-14-18-22-27-36(41)28-23-20-25-30-40(44)54-38(33-50-39(43)29-24-19-16-15-17-21-26-35(2)3)34-53-56(48,49)52-32-37(42)31-51-55(45,46)47/h5-6,8-9,11-12,14,18,20,22-23,27,35-38,41-42H,4,7,10,13,15-17,19,21,24-26,28-34H2,1-3H3,(H,48,49)(H2,45,46,47)/b6-5-,9-8-,12-11-,18-14-,23-20-,27-22-/t36?,37-,38+/m0/s1. The van der Waals surface area contributed by atoms with Gasteiger partial charge in [0, 0.05) is 12.8 Å². The van der Waals surface area contributed by atoms with Crippen LogP contribution in [0, 0.1) is 5.92 Å². The van der Waals surface area contributed by atoms with E-state index in [1.165, 1.54) is 12.8 Å². The molecule has 2 unspecified atom stereocenters. The van der Waals surface area contributed by atoms with Crippen LogP contribution in [0.3, 0.4) is 0 Å². The summed E-state index contributed by atoms with van der Waals surface area (Å²) >= 11 is 0. The molecule has 16 heteroatoms. The Morgan fingerprint density at radius 3 is 1.88 bits per heavy atom. The van der Waals surface area contributed by atoms with Gasteiger partial charge in [0.1, 0.15) is 12.7 Å². The zero-order valence-electron chi connectivity index (χ0n) is 33.5. The van der Waals surface area contributed by atoms with Gasteiger partial charge in [-0.3, -0.25) is 23.2 Å². The van der Waals surface area contributed by atoms with Gasteiger partial charge >= 0.3 is 27.6 Å². The molecule has 0 aliphatic rings. The topological polar surface area (TPSA) is 216 Å². The maximum atomic E-state index is 12.6. The van der Waals surface area contributed by atoms with Crippen molar-refractivity contribution in [2.45, 2.75) is 135 Å². The summed E-state index contributed by atoms with van der Waals surface area (Å²) in [6.45, 7) is 3.60. The van der Waals surface area contributed by atoms with Crippen LogP contribution >= 0.6 is 15.6 Å². The lowest BCUT2D eigenvalue weighted by Crippen LogP contribution is -2.29. The Kier molecular flexibility index (Phi) is 33.0. The quantitative estimate of drug-likeness (QED) is 0.0134. The molecule has 0 amide bonds. The molecule has 0 saturated carbocycles. The fraction of sp³-hybridized carbons (Fsp3) is 0.650. The number of carbonyl (C=O) groups is 2. The lowest BCUT2D eigenvalue weighted by Gasteiger charge is -2.20. The van der Waals surface area contributed by atoms with Gasteiger partial charge in [-0.15, -0.1) is 0 Å². The Balaban J connectivity index is 4.79. The molecular formula is C40H68O14P2. The van der Waals surface area contributed by atoms with Gasteiger partial charge in [-0.2, -0.15) is 0 Å². The zero-order chi connectivity index (χ0) is 41.9. The van der Waals surface area contributed by atoms with E-state index < -0.39 is 72.3 Å². The van der Waals surface area contributed by atoms with E-state index in [0.29, 0.717) is 18.8 Å². The van der Waals surface area contributed by atoms with Crippen molar-refractivity contribution in [1.82, 2.24) is 0 Å². The van der Waals surface area contributed by atoms with Crippen molar-refractivity contribution in [2.24, 2.45) is 5.92 Å². The third-order valence-electron chi connectivity index (χ3n) is 7.62. The number of rotatable bonds is 35. The molecule has 0 aliphatic carbocycles. The average Bonchev–Trinajstić information content (AvgIpc) is 3.13. The fourth-order valence-electron chi connectivity index (χ4n) is 4.64. The number of phosphoric acid groups is 2. The van der Waals surface area contributed by atoms with E-state index >= 15 is 0 Å². The van der Waals surface area contributed by atoms with Crippen LogP contribution in [-0.4, -0.2) is 81.6 Å². The molecule has 0 aromatic rings. The molecule has 5 N–H and O–H groups in total. The first-order valence-electron chi connectivity index (χ1n) is 19.6. The van der Waals surface area contributed by atoms with Crippen LogP contribution in [0.1, 0.15) is 117 Å². The van der Waals surface area contributed by atoms with Crippen molar-refractivity contribution < 1.29 is 66.7 Å². The summed E-state index contributed by atoms with van der Waals surface area (Å²) < 4.78 is 47.4. The van der Waals surface area contributed by atoms with Crippen molar-refractivity contribution in [2.75, 3.05) is 26.4 Å². The Bertz CT molecular complexity index is 1300. The number of allylic oxidation sites excluding steroid dienone is 10. The summed E-state index contributed by atoms with van der Waals surface area (Å²) in [5.41, 5.74) is 0. The van der Waals surface area contributed by atoms with Crippen molar-refractivity contribution in [3.05, 3.63) is 72.9 Å². The van der Waals surface area contributed by atoms with Gasteiger partial charge in [0.25, 0.3) is 0 Å². The van der Waals surface area contributed by atoms with Crippen LogP contribution in [0.15, 0.2) is 72.9 Å². The van der Waals surface area contributed by atoms with Gasteiger partial charge in [0.15, 0.2) is 6.10 Å². The third-order valence-corrected chi connectivity index (χ3v) is 9.06. The molecule has 0 aromatic heterocycles. The Morgan fingerprint density at radius 1 is 0.643 bits per heavy atom. The molecule has 0 aromatic carbocycles. The van der Waals surface area contributed by atoms with Crippen molar-refractivity contribution in [3.8, 4) is 0 Å². The van der Waals surface area contributed by atoms with Crippen LogP contribution in [0.2, 0.25) is 0 Å². The normalized spacial score (nSPS) is 15.6. The number of carbonyl (C=O) groups excluding carboxylic acids is 2. The van der Waals surface area contributed by atoms with E-state index in [1.807, 2.05) is 12.2 Å². The average molecular weight is 835 g/mol. The van der Waals surface area contributed by atoms with Crippen molar-refractivity contribution in [1.29, 1.82) is 0 Å². The number of aliphatic hydroxyl groups is 2. The predicted octanol–water partition coefficient (Wildman–Crippen LogP) is 8.27. The number of ether oxygens (including phenoxy) is 2. The highest BCUT2D eigenvalue weighted by Gasteiger charge is 2.28. The van der Waals surface area contributed by atoms with E-state index in [0.717, 1.165) is 51.4 Å². The van der Waals surface area contributed by atoms with E-state index in [1.54, 1.807) is 24.3 Å². The number of hydrogen-bond acceptors (Lipinski definition) is 11. The molecule has 4 atom stereocenters. The minimum absolute atomic E-state index is 0.0783. The maximum Gasteiger partial charge on any atom is 0.472 e. The molecule has 0 bridgehead atoms. The van der Waals surface area contributed by atoms with Gasteiger partial charge in [-0.05, 0) is 50.9 Å². The number of phosphoric ester groups is 2. The maximum absolute atomic E-state index is 12.6. The lowest BCUT2D eigenvalue weighted by atomic mass is 10.0. The Morgan fingerprint density at radius 2 is 1.23 bits per heavy atom. The molecule has 0 saturated heterocycles. The summed E-state index contributed by atoms with van der Waals surface area (Å²) in [6.07, 6.45) is 31.3. The summed E-state index contributed by atoms with van der Waals surface area (Å²) in [6, 6.07) is 0. The van der Waals surface area contributed by atoms with Gasteiger partial charge in [-0.25, -0.2) is 9.13 Å². The molecule has 0 aliphatic heterocycles. The van der Waals surface area contributed by atoms with Gasteiger partial charge in [0.2, 0.25) is 0 Å². The summed E-state index contributed by atoms with van der Waals surface area (Å²) in [4.78, 5) is 52.4. The highest BCUT2D eigenvalue weighted by Crippen LogP contribution is 2.43. The van der Waals surface area contributed by atoms with Gasteiger partial charge in [0.05, 0.1) is 25.9 Å². The molecule has 14 nitrogen and oxygen atoms in total. The van der Waals surface area contributed by atoms with Gasteiger partial charge in [-0.1, -0.05) is 132 Å². The monoisotopic (exact) mass is 834 g/mol. The second kappa shape index (κ2) is 34.6. The first-order chi connectivity index (χ1) is 26.6. The Labute approximate surface area is 334 Å². The van der Waals surface area contributed by atoms with Crippen molar-refractivity contribution in [3.63, 3.8) is 0 Å². The minimum Gasteiger partial charge on any atom is -0.462 e. The SMILES string of the molecule is CC/C=C\C/C=C\C/C=C\C/C=C\C=C/C(O)C/C=C\CCC(=O)O[C@H](COC(=O)CCCCCCCCC(C)C)COP(=O)(O)OC[C@@H](O)COP(=O)(O)O. The van der Waals surface area contributed by atoms with Crippen LogP contribution in [0.25, 0.3) is 0 Å². The molecule has 56 heavy (non-hydrogen) atoms. The fourth-order valence-corrected chi connectivity index (χ4v) is 5.80. The number of hydrogen-bond donors (Lipinski definition) is 5. The molecule has 0 spiro atoms. The van der Waals surface area contributed by atoms with E-state index in [-0.39, 0.29) is 19.3 Å². The van der Waals surface area contributed by atoms with Crippen LogP contribution in [0.5, 0.6) is 0 Å². The smallest absolute Gasteiger partial charge is 0.462 e. The minimum atomic E-state index is -4.88. The van der Waals surface area contributed by atoms with Gasteiger partial charge < -0.3 is 34.4 Å². The molecule has 0 radical (unpaired) electrons. The van der Waals surface area contributed by atoms with Crippen LogP contribution in [-0.2, 0) is 41.8 Å². The van der Waals surface area contributed by atoms with Crippen LogP contribution < -0.4 is 0 Å². The molecule has 0 heterocycles. The van der Waals surface area contributed by atoms with Crippen molar-refractivity contribution >= 4 is 27.6 Å². The second-order valence-corrected chi connectivity index (χ2v) is 16.2. The van der Waals surface area contributed by atoms with E-state index in [4.69, 9.17) is 23.8 Å². The largest absolute Gasteiger partial charge is 0.472 e. The molecule has 0 rings (SSSR count). The lowest BCUT2D eigenvalue weighted by molar-refractivity contribution is -0.161. The number of esters is 2. The highest BCUT2D eigenvalue weighted by molar-refractivity contribution is 7.47. The first kappa shape index (κ1) is 53.5. The summed E-state index contributed by atoms with van der Waals surface area (Å²) in [5, 5.41) is 19.9. The first-order valence-corrected chi connectivity index (χ1v) is 22.6. The molecular weight excluding hydrogens is 766 g/mol. The molecule has 322 valence electrons. The highest BCUT2D eigenvalue weighted by atomic mass is 31.2. The predicted molar refractivity (Wildman–Crippen MR) is 217 cm³/mol. The Hall–Kier alpha value is -2.48. The van der Waals surface area contributed by atoms with E-state index in [2.05, 4.69) is 66.3 Å². The summed E-state index contributed by atoms with van der Waals surface area (Å²) in [5.74, 6) is -0.543. The van der Waals surface area contributed by atoms with E-state index in [9.17, 15) is 33.8 Å². The third kappa shape index (κ3) is 38.4. The zero-order valence-corrected chi connectivity index (χ0v) is 35.3.